The summed E-state index contributed by atoms with van der Waals surface area (Å²) in [5, 5.41) is 27.9. The molecule has 3 N–H and O–H groups in total. The lowest BCUT2D eigenvalue weighted by atomic mass is 9.97. The van der Waals surface area contributed by atoms with E-state index in [9.17, 15) is 19.8 Å². The first-order chi connectivity index (χ1) is 8.47. The van der Waals surface area contributed by atoms with E-state index >= 15 is 0 Å². The molecule has 6 nitrogen and oxygen atoms in total. The molecule has 2 unspecified atom stereocenters. The molecule has 2 atom stereocenters. The highest BCUT2D eigenvalue weighted by Crippen LogP contribution is 2.23. The van der Waals surface area contributed by atoms with Crippen LogP contribution in [0.25, 0.3) is 0 Å². The number of carbonyl (C=O) groups excluding carboxylic acids is 1. The lowest BCUT2D eigenvalue weighted by Crippen LogP contribution is -2.23. The normalized spacial score (nSPS) is 13.7. The van der Waals surface area contributed by atoms with E-state index in [1.54, 1.807) is 12.1 Å². The number of carboxylic acid groups (broad SMARTS) is 1. The monoisotopic (exact) mass is 254 g/mol. The lowest BCUT2D eigenvalue weighted by molar-refractivity contribution is -0.141. The van der Waals surface area contributed by atoms with Gasteiger partial charge in [0.05, 0.1) is 25.2 Å². The van der Waals surface area contributed by atoms with Crippen LogP contribution in [0, 0.1) is 0 Å². The van der Waals surface area contributed by atoms with Crippen LogP contribution in [0.1, 0.15) is 28.4 Å². The molecule has 0 bridgehead atoms. The van der Waals surface area contributed by atoms with Gasteiger partial charge < -0.3 is 20.1 Å². The van der Waals surface area contributed by atoms with Crippen LogP contribution < -0.4 is 0 Å². The molecule has 0 saturated carbocycles. The first-order valence-electron chi connectivity index (χ1n) is 5.22. The van der Waals surface area contributed by atoms with Crippen LogP contribution in [0.5, 0.6) is 0 Å². The third-order valence-electron chi connectivity index (χ3n) is 2.43. The van der Waals surface area contributed by atoms with Crippen molar-refractivity contribution in [3.05, 3.63) is 35.4 Å². The van der Waals surface area contributed by atoms with Gasteiger partial charge in [-0.2, -0.15) is 0 Å². The molecule has 0 aliphatic carbocycles. The summed E-state index contributed by atoms with van der Waals surface area (Å²) in [6, 6.07) is 6.00. The molecule has 0 aliphatic heterocycles. The molecule has 1 aromatic carbocycles. The molecule has 0 aromatic heterocycles. The third kappa shape index (κ3) is 3.28. The number of carbonyl (C=O) groups is 2. The fourth-order valence-electron chi connectivity index (χ4n) is 1.55. The van der Waals surface area contributed by atoms with Crippen LogP contribution in [0.15, 0.2) is 24.3 Å². The Bertz CT molecular complexity index is 442. The Hall–Kier alpha value is -1.92. The van der Waals surface area contributed by atoms with Gasteiger partial charge in [0.25, 0.3) is 0 Å². The number of benzene rings is 1. The maximum Gasteiger partial charge on any atom is 0.338 e. The summed E-state index contributed by atoms with van der Waals surface area (Å²) in [5.74, 6) is -1.90. The van der Waals surface area contributed by atoms with Gasteiger partial charge in [-0.15, -0.1) is 0 Å². The standard InChI is InChI=1S/C12H14O6/c1-18-12(17)8-5-3-2-4-7(8)11(16)9(13)6-10(14)15/h2-5,9,11,13,16H,6H2,1H3,(H,14,15). The first-order valence-corrected chi connectivity index (χ1v) is 5.22. The van der Waals surface area contributed by atoms with E-state index in [0.717, 1.165) is 0 Å². The molecule has 0 heterocycles. The Labute approximate surface area is 103 Å². The van der Waals surface area contributed by atoms with E-state index in [4.69, 9.17) is 5.11 Å². The van der Waals surface area contributed by atoms with Crippen LogP contribution >= 0.6 is 0 Å². The molecular formula is C12H14O6. The maximum absolute atomic E-state index is 11.5. The van der Waals surface area contributed by atoms with E-state index in [2.05, 4.69) is 4.74 Å². The third-order valence-corrected chi connectivity index (χ3v) is 2.43. The summed E-state index contributed by atoms with van der Waals surface area (Å²) in [4.78, 5) is 21.9. The number of hydrogen-bond acceptors (Lipinski definition) is 5. The molecule has 0 radical (unpaired) electrons. The highest BCUT2D eigenvalue weighted by molar-refractivity contribution is 5.91. The van der Waals surface area contributed by atoms with Crippen molar-refractivity contribution in [2.45, 2.75) is 18.6 Å². The van der Waals surface area contributed by atoms with Crippen molar-refractivity contribution in [1.82, 2.24) is 0 Å². The number of esters is 1. The summed E-state index contributed by atoms with van der Waals surface area (Å²) in [7, 11) is 1.19. The number of carboxylic acids is 1. The van der Waals surface area contributed by atoms with Crippen LogP contribution in [0.4, 0.5) is 0 Å². The van der Waals surface area contributed by atoms with Crippen molar-refractivity contribution >= 4 is 11.9 Å². The minimum absolute atomic E-state index is 0.0944. The van der Waals surface area contributed by atoms with Gasteiger partial charge in [-0.05, 0) is 11.6 Å². The van der Waals surface area contributed by atoms with E-state index in [-0.39, 0.29) is 11.1 Å². The van der Waals surface area contributed by atoms with Crippen molar-refractivity contribution in [1.29, 1.82) is 0 Å². The van der Waals surface area contributed by atoms with Gasteiger partial charge in [0.15, 0.2) is 0 Å². The quantitative estimate of drug-likeness (QED) is 0.655. The zero-order valence-electron chi connectivity index (χ0n) is 9.74. The topological polar surface area (TPSA) is 104 Å². The molecule has 98 valence electrons. The Kier molecular flexibility index (Phi) is 4.82. The fourth-order valence-corrected chi connectivity index (χ4v) is 1.55. The number of methoxy groups -OCH3 is 1. The molecule has 18 heavy (non-hydrogen) atoms. The van der Waals surface area contributed by atoms with E-state index in [1.807, 2.05) is 0 Å². The van der Waals surface area contributed by atoms with E-state index in [1.165, 1.54) is 19.2 Å². The van der Waals surface area contributed by atoms with Gasteiger partial charge in [0.1, 0.15) is 6.10 Å². The predicted molar refractivity (Wildman–Crippen MR) is 61.0 cm³/mol. The zero-order valence-corrected chi connectivity index (χ0v) is 9.74. The van der Waals surface area contributed by atoms with Crippen molar-refractivity contribution in [3.8, 4) is 0 Å². The fraction of sp³-hybridized carbons (Fsp3) is 0.333. The molecule has 6 heteroatoms. The Morgan fingerprint density at radius 3 is 2.44 bits per heavy atom. The summed E-state index contributed by atoms with van der Waals surface area (Å²) in [6.07, 6.45) is -3.57. The van der Waals surface area contributed by atoms with Gasteiger partial charge in [-0.25, -0.2) is 4.79 Å². The molecular weight excluding hydrogens is 240 g/mol. The van der Waals surface area contributed by atoms with Crippen molar-refractivity contribution < 1.29 is 29.6 Å². The second kappa shape index (κ2) is 6.13. The van der Waals surface area contributed by atoms with E-state index < -0.39 is 30.6 Å². The molecule has 0 fully saturated rings. The predicted octanol–water partition coefficient (Wildman–Crippen LogP) is 0.342. The van der Waals surface area contributed by atoms with Gasteiger partial charge in [-0.3, -0.25) is 4.79 Å². The number of aliphatic carboxylic acids is 1. The Morgan fingerprint density at radius 1 is 1.28 bits per heavy atom. The average molecular weight is 254 g/mol. The van der Waals surface area contributed by atoms with Crippen molar-refractivity contribution in [2.75, 3.05) is 7.11 Å². The Morgan fingerprint density at radius 2 is 1.89 bits per heavy atom. The smallest absolute Gasteiger partial charge is 0.338 e. The van der Waals surface area contributed by atoms with Gasteiger partial charge in [0.2, 0.25) is 0 Å². The Balaban J connectivity index is 3.01. The van der Waals surface area contributed by atoms with Crippen molar-refractivity contribution in [3.63, 3.8) is 0 Å². The van der Waals surface area contributed by atoms with Gasteiger partial charge >= 0.3 is 11.9 Å². The van der Waals surface area contributed by atoms with E-state index in [0.29, 0.717) is 0 Å². The molecule has 0 amide bonds. The maximum atomic E-state index is 11.5. The lowest BCUT2D eigenvalue weighted by Gasteiger charge is -2.18. The highest BCUT2D eigenvalue weighted by atomic mass is 16.5. The minimum Gasteiger partial charge on any atom is -0.481 e. The second-order valence-electron chi connectivity index (χ2n) is 3.69. The van der Waals surface area contributed by atoms with Gasteiger partial charge in [-0.1, -0.05) is 18.2 Å². The number of aliphatic hydroxyl groups excluding tert-OH is 2. The number of rotatable bonds is 5. The number of aliphatic hydroxyl groups is 2. The molecule has 1 aromatic rings. The molecule has 1 rings (SSSR count). The van der Waals surface area contributed by atoms with Gasteiger partial charge in [0, 0.05) is 0 Å². The van der Waals surface area contributed by atoms with Crippen LogP contribution in [-0.2, 0) is 9.53 Å². The highest BCUT2D eigenvalue weighted by Gasteiger charge is 2.25. The minimum atomic E-state index is -1.49. The molecule has 0 saturated heterocycles. The largest absolute Gasteiger partial charge is 0.481 e. The van der Waals surface area contributed by atoms with Crippen molar-refractivity contribution in [2.24, 2.45) is 0 Å². The van der Waals surface area contributed by atoms with Crippen LogP contribution in [-0.4, -0.2) is 40.5 Å². The number of ether oxygens (including phenoxy) is 1. The van der Waals surface area contributed by atoms with Crippen LogP contribution in [0.2, 0.25) is 0 Å². The first kappa shape index (κ1) is 14.1. The average Bonchev–Trinajstić information content (AvgIpc) is 2.36. The summed E-state index contributed by atoms with van der Waals surface area (Å²) in [6.45, 7) is 0. The summed E-state index contributed by atoms with van der Waals surface area (Å²) in [5.41, 5.74) is 0.232. The molecule has 0 spiro atoms. The number of hydrogen-bond donors (Lipinski definition) is 3. The van der Waals surface area contributed by atoms with Crippen LogP contribution in [0.3, 0.4) is 0 Å². The molecule has 0 aliphatic rings. The zero-order chi connectivity index (χ0) is 13.7. The second-order valence-corrected chi connectivity index (χ2v) is 3.69. The summed E-state index contributed by atoms with van der Waals surface area (Å²) >= 11 is 0. The summed E-state index contributed by atoms with van der Waals surface area (Å²) < 4.78 is 4.54. The SMILES string of the molecule is COC(=O)c1ccccc1C(O)C(O)CC(=O)O.